The molecule has 1 fully saturated rings. The highest BCUT2D eigenvalue weighted by Gasteiger charge is 2.43. The smallest absolute Gasteiger partial charge is 0.0272 e. The van der Waals surface area contributed by atoms with Gasteiger partial charge in [-0.2, -0.15) is 0 Å². The fraction of sp³-hybridized carbons (Fsp3) is 1.00. The predicted molar refractivity (Wildman–Crippen MR) is 50.6 cm³/mol. The molecule has 0 aliphatic heterocycles. The largest absolute Gasteiger partial charge is 0.0651 e. The molecular weight excluding hydrogens is 132 g/mol. The van der Waals surface area contributed by atoms with E-state index in [-0.39, 0.29) is 0 Å². The van der Waals surface area contributed by atoms with Crippen molar-refractivity contribution in [2.45, 2.75) is 53.4 Å². The van der Waals surface area contributed by atoms with E-state index < -0.39 is 0 Å². The summed E-state index contributed by atoms with van der Waals surface area (Å²) >= 11 is 0. The van der Waals surface area contributed by atoms with Crippen LogP contribution in [0, 0.1) is 17.3 Å². The van der Waals surface area contributed by atoms with Crippen molar-refractivity contribution in [3.05, 3.63) is 0 Å². The van der Waals surface area contributed by atoms with Gasteiger partial charge < -0.3 is 0 Å². The van der Waals surface area contributed by atoms with Crippen LogP contribution < -0.4 is 0 Å². The normalized spacial score (nSPS) is 37.4. The molecule has 0 heteroatoms. The van der Waals surface area contributed by atoms with Gasteiger partial charge in [-0.15, -0.1) is 0 Å². The summed E-state index contributed by atoms with van der Waals surface area (Å²) in [6, 6.07) is 0. The second-order valence-electron chi connectivity index (χ2n) is 4.46. The van der Waals surface area contributed by atoms with Crippen LogP contribution in [-0.4, -0.2) is 0 Å². The lowest BCUT2D eigenvalue weighted by molar-refractivity contribution is -0.00645. The van der Waals surface area contributed by atoms with Gasteiger partial charge in [-0.3, -0.25) is 0 Å². The summed E-state index contributed by atoms with van der Waals surface area (Å²) in [5, 5.41) is 0. The number of hydrogen-bond donors (Lipinski definition) is 0. The Labute approximate surface area is 71.4 Å². The lowest BCUT2D eigenvalue weighted by Gasteiger charge is -2.51. The van der Waals surface area contributed by atoms with Crippen LogP contribution >= 0.6 is 0 Å². The molecule has 0 N–H and O–H groups in total. The molecule has 2 unspecified atom stereocenters. The summed E-state index contributed by atoms with van der Waals surface area (Å²) in [6.07, 6.45) is 5.68. The standard InChI is InChI=1S/C11H22/c1-5-10(6-2)11(4)8-7-9(11)3/h9-10H,5-8H2,1-4H3. The fourth-order valence-electron chi connectivity index (χ4n) is 2.72. The summed E-state index contributed by atoms with van der Waals surface area (Å²) in [5.74, 6) is 1.96. The van der Waals surface area contributed by atoms with Gasteiger partial charge >= 0.3 is 0 Å². The Morgan fingerprint density at radius 3 is 2.00 bits per heavy atom. The van der Waals surface area contributed by atoms with E-state index >= 15 is 0 Å². The lowest BCUT2D eigenvalue weighted by Crippen LogP contribution is -2.41. The van der Waals surface area contributed by atoms with E-state index in [1.165, 1.54) is 25.7 Å². The van der Waals surface area contributed by atoms with Gasteiger partial charge in [0.1, 0.15) is 0 Å². The molecule has 0 heterocycles. The van der Waals surface area contributed by atoms with E-state index in [9.17, 15) is 0 Å². The Bertz CT molecular complexity index is 124. The van der Waals surface area contributed by atoms with Crippen LogP contribution in [0.15, 0.2) is 0 Å². The summed E-state index contributed by atoms with van der Waals surface area (Å²) in [5.41, 5.74) is 0.698. The maximum Gasteiger partial charge on any atom is -0.0272 e. The van der Waals surface area contributed by atoms with E-state index in [2.05, 4.69) is 27.7 Å². The van der Waals surface area contributed by atoms with Crippen molar-refractivity contribution in [3.63, 3.8) is 0 Å². The first kappa shape index (κ1) is 9.09. The van der Waals surface area contributed by atoms with Gasteiger partial charge in [-0.1, -0.05) is 40.5 Å². The molecule has 1 aliphatic carbocycles. The zero-order valence-corrected chi connectivity index (χ0v) is 8.48. The Morgan fingerprint density at radius 2 is 1.91 bits per heavy atom. The average Bonchev–Trinajstić information content (AvgIpc) is 2.04. The molecule has 0 bridgehead atoms. The molecule has 1 rings (SSSR count). The Balaban J connectivity index is 2.55. The van der Waals surface area contributed by atoms with Gasteiger partial charge in [0.05, 0.1) is 0 Å². The Kier molecular flexibility index (Phi) is 2.61. The second-order valence-corrected chi connectivity index (χ2v) is 4.46. The van der Waals surface area contributed by atoms with E-state index in [0.717, 1.165) is 11.8 Å². The number of hydrogen-bond acceptors (Lipinski definition) is 0. The second kappa shape index (κ2) is 3.16. The molecule has 2 atom stereocenters. The SMILES string of the molecule is CCC(CC)C1(C)CCC1C. The minimum Gasteiger partial charge on any atom is -0.0651 e. The van der Waals surface area contributed by atoms with Crippen molar-refractivity contribution in [1.82, 2.24) is 0 Å². The molecule has 11 heavy (non-hydrogen) atoms. The molecule has 0 aromatic heterocycles. The third-order valence-electron chi connectivity index (χ3n) is 4.16. The maximum absolute atomic E-state index is 2.48. The van der Waals surface area contributed by atoms with Crippen LogP contribution in [0.25, 0.3) is 0 Å². The van der Waals surface area contributed by atoms with Gasteiger partial charge in [0, 0.05) is 0 Å². The van der Waals surface area contributed by atoms with E-state index in [0.29, 0.717) is 5.41 Å². The average molecular weight is 154 g/mol. The first-order chi connectivity index (χ1) is 5.15. The molecular formula is C11H22. The summed E-state index contributed by atoms with van der Waals surface area (Å²) < 4.78 is 0. The monoisotopic (exact) mass is 154 g/mol. The van der Waals surface area contributed by atoms with Crippen LogP contribution in [0.1, 0.15) is 53.4 Å². The van der Waals surface area contributed by atoms with Crippen LogP contribution in [-0.2, 0) is 0 Å². The maximum atomic E-state index is 2.48. The molecule has 1 saturated carbocycles. The van der Waals surface area contributed by atoms with Crippen molar-refractivity contribution in [2.75, 3.05) is 0 Å². The van der Waals surface area contributed by atoms with Crippen LogP contribution in [0.3, 0.4) is 0 Å². The van der Waals surface area contributed by atoms with Gasteiger partial charge in [0.25, 0.3) is 0 Å². The highest BCUT2D eigenvalue weighted by atomic mass is 14.5. The Hall–Kier alpha value is 0. The molecule has 0 spiro atoms. The van der Waals surface area contributed by atoms with Crippen molar-refractivity contribution in [2.24, 2.45) is 17.3 Å². The van der Waals surface area contributed by atoms with E-state index in [1.807, 2.05) is 0 Å². The molecule has 0 amide bonds. The molecule has 66 valence electrons. The van der Waals surface area contributed by atoms with Gasteiger partial charge in [-0.05, 0) is 30.1 Å². The van der Waals surface area contributed by atoms with Crippen LogP contribution in [0.2, 0.25) is 0 Å². The summed E-state index contributed by atoms with van der Waals surface area (Å²) in [4.78, 5) is 0. The predicted octanol–water partition coefficient (Wildman–Crippen LogP) is 3.86. The van der Waals surface area contributed by atoms with Gasteiger partial charge in [0.15, 0.2) is 0 Å². The van der Waals surface area contributed by atoms with Crippen molar-refractivity contribution < 1.29 is 0 Å². The van der Waals surface area contributed by atoms with Crippen molar-refractivity contribution in [3.8, 4) is 0 Å². The zero-order chi connectivity index (χ0) is 8.48. The van der Waals surface area contributed by atoms with Crippen LogP contribution in [0.5, 0.6) is 0 Å². The summed E-state index contributed by atoms with van der Waals surface area (Å²) in [6.45, 7) is 9.58. The molecule has 0 aromatic rings. The highest BCUT2D eigenvalue weighted by Crippen LogP contribution is 2.53. The minimum atomic E-state index is 0.698. The van der Waals surface area contributed by atoms with Crippen LogP contribution in [0.4, 0.5) is 0 Å². The minimum absolute atomic E-state index is 0.698. The molecule has 0 nitrogen and oxygen atoms in total. The van der Waals surface area contributed by atoms with Gasteiger partial charge in [-0.25, -0.2) is 0 Å². The molecule has 0 saturated heterocycles. The highest BCUT2D eigenvalue weighted by molar-refractivity contribution is 4.93. The molecule has 1 aliphatic rings. The van der Waals surface area contributed by atoms with Crippen molar-refractivity contribution >= 4 is 0 Å². The number of rotatable bonds is 3. The lowest BCUT2D eigenvalue weighted by atomic mass is 9.55. The van der Waals surface area contributed by atoms with E-state index in [1.54, 1.807) is 0 Å². The quantitative estimate of drug-likeness (QED) is 0.579. The third-order valence-corrected chi connectivity index (χ3v) is 4.16. The topological polar surface area (TPSA) is 0 Å². The molecule has 0 radical (unpaired) electrons. The first-order valence-electron chi connectivity index (χ1n) is 5.15. The van der Waals surface area contributed by atoms with E-state index in [4.69, 9.17) is 0 Å². The third kappa shape index (κ3) is 1.32. The molecule has 0 aromatic carbocycles. The Morgan fingerprint density at radius 1 is 1.36 bits per heavy atom. The van der Waals surface area contributed by atoms with Crippen molar-refractivity contribution in [1.29, 1.82) is 0 Å². The summed E-state index contributed by atoms with van der Waals surface area (Å²) in [7, 11) is 0. The van der Waals surface area contributed by atoms with Gasteiger partial charge in [0.2, 0.25) is 0 Å². The fourth-order valence-corrected chi connectivity index (χ4v) is 2.72. The first-order valence-corrected chi connectivity index (χ1v) is 5.15. The zero-order valence-electron chi connectivity index (χ0n) is 8.48.